The molecule has 0 aliphatic heterocycles. The van der Waals surface area contributed by atoms with Crippen molar-refractivity contribution in [2.75, 3.05) is 40.0 Å². The molecule has 0 aromatic heterocycles. The quantitative estimate of drug-likeness (QED) is 0.661. The Morgan fingerprint density at radius 1 is 1.39 bits per heavy atom. The molecule has 1 N–H and O–H groups in total. The third-order valence-corrected chi connectivity index (χ3v) is 3.35. The number of carbonyl (C=O) groups excluding carboxylic acids is 1. The summed E-state index contributed by atoms with van der Waals surface area (Å²) < 4.78 is 10.4. The number of aliphatic hydroxyl groups excluding tert-OH is 1. The Bertz CT molecular complexity index is 241. The summed E-state index contributed by atoms with van der Waals surface area (Å²) in [6, 6.07) is 0. The fourth-order valence-electron chi connectivity index (χ4n) is 2.27. The Morgan fingerprint density at radius 2 is 2.11 bits per heavy atom. The number of aliphatic hydroxyl groups is 1. The van der Waals surface area contributed by atoms with Crippen molar-refractivity contribution in [3.8, 4) is 0 Å². The van der Waals surface area contributed by atoms with Gasteiger partial charge in [-0.05, 0) is 25.7 Å². The zero-order valence-corrected chi connectivity index (χ0v) is 11.4. The van der Waals surface area contributed by atoms with Gasteiger partial charge in [-0.3, -0.25) is 4.79 Å². The predicted molar refractivity (Wildman–Crippen MR) is 68.3 cm³/mol. The summed E-state index contributed by atoms with van der Waals surface area (Å²) in [5.41, 5.74) is 0. The molecule has 0 aromatic rings. The second kappa shape index (κ2) is 8.45. The van der Waals surface area contributed by atoms with Crippen molar-refractivity contribution >= 4 is 5.91 Å². The van der Waals surface area contributed by atoms with Crippen LogP contribution in [0, 0.1) is 5.92 Å². The van der Waals surface area contributed by atoms with Crippen molar-refractivity contribution in [2.24, 2.45) is 5.92 Å². The summed E-state index contributed by atoms with van der Waals surface area (Å²) in [4.78, 5) is 13.7. The van der Waals surface area contributed by atoms with E-state index in [0.29, 0.717) is 38.1 Å². The normalized spacial score (nSPS) is 22.6. The molecule has 0 aromatic carbocycles. The lowest BCUT2D eigenvalue weighted by Crippen LogP contribution is -2.40. The molecule has 1 aliphatic rings. The number of nitrogens with zero attached hydrogens (tertiary/aromatic N) is 1. The highest BCUT2D eigenvalue weighted by atomic mass is 16.5. The molecular weight excluding hydrogens is 234 g/mol. The first-order chi connectivity index (χ1) is 8.71. The molecule has 0 radical (unpaired) electrons. The fraction of sp³-hybridized carbons (Fsp3) is 0.923. The molecule has 5 heteroatoms. The molecule has 106 valence electrons. The van der Waals surface area contributed by atoms with Gasteiger partial charge >= 0.3 is 0 Å². The highest BCUT2D eigenvalue weighted by Crippen LogP contribution is 2.33. The van der Waals surface area contributed by atoms with E-state index in [0.717, 1.165) is 19.4 Å². The summed E-state index contributed by atoms with van der Waals surface area (Å²) in [5.74, 6) is 0.554. The molecule has 0 atom stereocenters. The van der Waals surface area contributed by atoms with Crippen LogP contribution in [0.4, 0.5) is 0 Å². The topological polar surface area (TPSA) is 59.0 Å². The molecule has 1 aliphatic carbocycles. The highest BCUT2D eigenvalue weighted by molar-refractivity contribution is 5.76. The van der Waals surface area contributed by atoms with Gasteiger partial charge in [-0.2, -0.15) is 0 Å². The number of hydrogen-bond acceptors (Lipinski definition) is 4. The van der Waals surface area contributed by atoms with E-state index in [9.17, 15) is 4.79 Å². The first-order valence-corrected chi connectivity index (χ1v) is 6.70. The summed E-state index contributed by atoms with van der Waals surface area (Å²) in [5, 5.41) is 8.95. The van der Waals surface area contributed by atoms with Crippen molar-refractivity contribution in [2.45, 2.75) is 32.3 Å². The maximum absolute atomic E-state index is 12.0. The van der Waals surface area contributed by atoms with Crippen LogP contribution in [0.25, 0.3) is 0 Å². The largest absolute Gasteiger partial charge is 0.395 e. The molecule has 1 saturated carbocycles. The minimum Gasteiger partial charge on any atom is -0.395 e. The summed E-state index contributed by atoms with van der Waals surface area (Å²) in [6.07, 6.45) is 2.87. The van der Waals surface area contributed by atoms with Gasteiger partial charge in [0.05, 0.1) is 19.3 Å². The Labute approximate surface area is 109 Å². The Morgan fingerprint density at radius 3 is 2.67 bits per heavy atom. The van der Waals surface area contributed by atoms with Gasteiger partial charge in [0, 0.05) is 33.2 Å². The Kier molecular flexibility index (Phi) is 7.23. The average molecular weight is 259 g/mol. The average Bonchev–Trinajstić information content (AvgIpc) is 2.31. The SMILES string of the molecule is CCOC1CC(CC(=O)N(CCO)CCOC)C1. The molecule has 0 heterocycles. The molecule has 1 fully saturated rings. The maximum Gasteiger partial charge on any atom is 0.223 e. The molecule has 0 spiro atoms. The van der Waals surface area contributed by atoms with Gasteiger partial charge in [0.25, 0.3) is 0 Å². The van der Waals surface area contributed by atoms with Crippen molar-refractivity contribution in [3.63, 3.8) is 0 Å². The van der Waals surface area contributed by atoms with Gasteiger partial charge in [0.1, 0.15) is 0 Å². The number of hydrogen-bond donors (Lipinski definition) is 1. The summed E-state index contributed by atoms with van der Waals surface area (Å²) in [6.45, 7) is 4.20. The molecular formula is C13H25NO4. The van der Waals surface area contributed by atoms with E-state index in [2.05, 4.69) is 0 Å². The van der Waals surface area contributed by atoms with Crippen LogP contribution < -0.4 is 0 Å². The van der Waals surface area contributed by atoms with Crippen LogP contribution in [0.3, 0.4) is 0 Å². The maximum atomic E-state index is 12.0. The standard InChI is InChI=1S/C13H25NO4/c1-3-18-12-8-11(9-12)10-13(16)14(4-6-15)5-7-17-2/h11-12,15H,3-10H2,1-2H3. The van der Waals surface area contributed by atoms with Crippen LogP contribution in [0.15, 0.2) is 0 Å². The second-order valence-corrected chi connectivity index (χ2v) is 4.72. The molecule has 18 heavy (non-hydrogen) atoms. The number of methoxy groups -OCH3 is 1. The molecule has 0 unspecified atom stereocenters. The number of rotatable bonds is 9. The van der Waals surface area contributed by atoms with Crippen molar-refractivity contribution in [1.29, 1.82) is 0 Å². The van der Waals surface area contributed by atoms with Crippen molar-refractivity contribution in [3.05, 3.63) is 0 Å². The van der Waals surface area contributed by atoms with E-state index in [1.165, 1.54) is 0 Å². The van der Waals surface area contributed by atoms with E-state index in [1.54, 1.807) is 12.0 Å². The Hall–Kier alpha value is -0.650. The highest BCUT2D eigenvalue weighted by Gasteiger charge is 2.32. The van der Waals surface area contributed by atoms with Gasteiger partial charge in [0.15, 0.2) is 0 Å². The van der Waals surface area contributed by atoms with Crippen LogP contribution in [0.1, 0.15) is 26.2 Å². The van der Waals surface area contributed by atoms with Gasteiger partial charge in [-0.15, -0.1) is 0 Å². The van der Waals surface area contributed by atoms with Crippen LogP contribution in [-0.4, -0.2) is 62.0 Å². The molecule has 1 rings (SSSR count). The van der Waals surface area contributed by atoms with E-state index in [-0.39, 0.29) is 12.5 Å². The molecule has 1 amide bonds. The zero-order valence-electron chi connectivity index (χ0n) is 11.4. The smallest absolute Gasteiger partial charge is 0.223 e. The van der Waals surface area contributed by atoms with Crippen LogP contribution >= 0.6 is 0 Å². The third kappa shape index (κ3) is 4.92. The van der Waals surface area contributed by atoms with E-state index >= 15 is 0 Å². The van der Waals surface area contributed by atoms with Gasteiger partial charge in [-0.1, -0.05) is 0 Å². The predicted octanol–water partition coefficient (Wildman–Crippen LogP) is 0.659. The lowest BCUT2D eigenvalue weighted by atomic mass is 9.79. The molecule has 0 bridgehead atoms. The van der Waals surface area contributed by atoms with Gasteiger partial charge in [0.2, 0.25) is 5.91 Å². The second-order valence-electron chi connectivity index (χ2n) is 4.72. The zero-order chi connectivity index (χ0) is 13.4. The molecule has 0 saturated heterocycles. The minimum absolute atomic E-state index is 0.00168. The lowest BCUT2D eigenvalue weighted by molar-refractivity contribution is -0.135. The van der Waals surface area contributed by atoms with Crippen LogP contribution in [-0.2, 0) is 14.3 Å². The summed E-state index contributed by atoms with van der Waals surface area (Å²) >= 11 is 0. The van der Waals surface area contributed by atoms with E-state index in [4.69, 9.17) is 14.6 Å². The van der Waals surface area contributed by atoms with Gasteiger partial charge in [-0.25, -0.2) is 0 Å². The first-order valence-electron chi connectivity index (χ1n) is 6.70. The number of ether oxygens (including phenoxy) is 2. The van der Waals surface area contributed by atoms with Crippen molar-refractivity contribution < 1.29 is 19.4 Å². The van der Waals surface area contributed by atoms with Crippen LogP contribution in [0.2, 0.25) is 0 Å². The summed E-state index contributed by atoms with van der Waals surface area (Å²) in [7, 11) is 1.61. The van der Waals surface area contributed by atoms with Crippen LogP contribution in [0.5, 0.6) is 0 Å². The lowest BCUT2D eigenvalue weighted by Gasteiger charge is -2.35. The monoisotopic (exact) mass is 259 g/mol. The number of amides is 1. The van der Waals surface area contributed by atoms with E-state index < -0.39 is 0 Å². The van der Waals surface area contributed by atoms with Crippen molar-refractivity contribution in [1.82, 2.24) is 4.90 Å². The minimum atomic E-state index is 0.00168. The third-order valence-electron chi connectivity index (χ3n) is 3.35. The van der Waals surface area contributed by atoms with Gasteiger partial charge < -0.3 is 19.5 Å². The molecule has 5 nitrogen and oxygen atoms in total. The van der Waals surface area contributed by atoms with E-state index in [1.807, 2.05) is 6.92 Å². The fourth-order valence-corrected chi connectivity index (χ4v) is 2.27. The number of carbonyl (C=O) groups is 1. The first kappa shape index (κ1) is 15.4. The Balaban J connectivity index is 2.24.